The van der Waals surface area contributed by atoms with Crippen LogP contribution in [0.3, 0.4) is 0 Å². The van der Waals surface area contributed by atoms with Crippen LogP contribution in [0.1, 0.15) is 16.7 Å². The number of rotatable bonds is 3. The maximum atomic E-state index is 13.0. The molecule has 1 unspecified atom stereocenters. The molecule has 4 heteroatoms. The maximum absolute atomic E-state index is 13.0. The Balaban J connectivity index is 1.61. The predicted molar refractivity (Wildman–Crippen MR) is 113 cm³/mol. The number of hydrogen-bond acceptors (Lipinski definition) is 2. The van der Waals surface area contributed by atoms with Gasteiger partial charge in [0.1, 0.15) is 6.04 Å². The number of nitrogens with one attached hydrogen (secondary N) is 2. The number of para-hydroxylation sites is 2. The SMILES string of the molecule is O=C1Nc2ccccc2C(c2ccccc2)=NC1Cc1c[nH]c2ccccc12. The van der Waals surface area contributed by atoms with E-state index in [1.807, 2.05) is 79.0 Å². The number of amides is 1. The summed E-state index contributed by atoms with van der Waals surface area (Å²) in [6.45, 7) is 0. The van der Waals surface area contributed by atoms with Crippen molar-refractivity contribution in [2.24, 2.45) is 4.99 Å². The Bertz CT molecular complexity index is 1190. The van der Waals surface area contributed by atoms with E-state index in [9.17, 15) is 4.79 Å². The fourth-order valence-electron chi connectivity index (χ4n) is 3.77. The van der Waals surface area contributed by atoms with Gasteiger partial charge in [-0.2, -0.15) is 0 Å². The summed E-state index contributed by atoms with van der Waals surface area (Å²) >= 11 is 0. The Kier molecular flexibility index (Phi) is 4.02. The van der Waals surface area contributed by atoms with Gasteiger partial charge in [-0.3, -0.25) is 9.79 Å². The molecular weight excluding hydrogens is 346 g/mol. The van der Waals surface area contributed by atoms with Crippen molar-refractivity contribution < 1.29 is 4.79 Å². The number of carbonyl (C=O) groups excluding carboxylic acids is 1. The molecule has 2 heterocycles. The first-order valence-corrected chi connectivity index (χ1v) is 9.38. The molecule has 5 rings (SSSR count). The topological polar surface area (TPSA) is 57.2 Å². The largest absolute Gasteiger partial charge is 0.361 e. The molecule has 1 aromatic heterocycles. The van der Waals surface area contributed by atoms with Gasteiger partial charge in [0.25, 0.3) is 0 Å². The second-order valence-electron chi connectivity index (χ2n) is 6.96. The Labute approximate surface area is 162 Å². The fraction of sp³-hybridized carbons (Fsp3) is 0.0833. The first-order chi connectivity index (χ1) is 13.8. The number of aliphatic imine (C=N–C) groups is 1. The van der Waals surface area contributed by atoms with Crippen molar-refractivity contribution in [1.82, 2.24) is 4.98 Å². The minimum absolute atomic E-state index is 0.0799. The van der Waals surface area contributed by atoms with Gasteiger partial charge in [-0.15, -0.1) is 0 Å². The van der Waals surface area contributed by atoms with E-state index in [1.165, 1.54) is 0 Å². The third kappa shape index (κ3) is 2.89. The summed E-state index contributed by atoms with van der Waals surface area (Å²) in [5.74, 6) is -0.0799. The molecule has 2 N–H and O–H groups in total. The van der Waals surface area contributed by atoms with Gasteiger partial charge in [-0.05, 0) is 17.7 Å². The zero-order valence-corrected chi connectivity index (χ0v) is 15.2. The Morgan fingerprint density at radius 1 is 0.857 bits per heavy atom. The molecule has 0 saturated heterocycles. The van der Waals surface area contributed by atoms with E-state index in [2.05, 4.69) is 16.4 Å². The third-order valence-electron chi connectivity index (χ3n) is 5.16. The number of benzodiazepines with no additional fused rings is 1. The zero-order chi connectivity index (χ0) is 18.9. The summed E-state index contributed by atoms with van der Waals surface area (Å²) in [4.78, 5) is 21.2. The highest BCUT2D eigenvalue weighted by molar-refractivity contribution is 6.19. The summed E-state index contributed by atoms with van der Waals surface area (Å²) in [5, 5.41) is 4.20. The number of fused-ring (bicyclic) bond motifs is 2. The normalized spacial score (nSPS) is 16.2. The molecule has 1 aliphatic rings. The number of aromatic amines is 1. The van der Waals surface area contributed by atoms with Crippen LogP contribution in [-0.4, -0.2) is 22.6 Å². The van der Waals surface area contributed by atoms with Crippen LogP contribution >= 0.6 is 0 Å². The molecular formula is C24H19N3O. The summed E-state index contributed by atoms with van der Waals surface area (Å²) in [7, 11) is 0. The molecule has 1 amide bonds. The smallest absolute Gasteiger partial charge is 0.249 e. The lowest BCUT2D eigenvalue weighted by molar-refractivity contribution is -0.117. The zero-order valence-electron chi connectivity index (χ0n) is 15.2. The van der Waals surface area contributed by atoms with E-state index in [0.717, 1.165) is 39.0 Å². The molecule has 4 nitrogen and oxygen atoms in total. The quantitative estimate of drug-likeness (QED) is 0.549. The van der Waals surface area contributed by atoms with Crippen LogP contribution in [0.5, 0.6) is 0 Å². The van der Waals surface area contributed by atoms with Crippen molar-refractivity contribution >= 4 is 28.2 Å². The minimum Gasteiger partial charge on any atom is -0.361 e. The molecule has 0 bridgehead atoms. The Morgan fingerprint density at radius 3 is 2.50 bits per heavy atom. The van der Waals surface area contributed by atoms with Crippen molar-refractivity contribution in [3.8, 4) is 0 Å². The van der Waals surface area contributed by atoms with Crippen molar-refractivity contribution in [1.29, 1.82) is 0 Å². The van der Waals surface area contributed by atoms with Crippen molar-refractivity contribution in [2.45, 2.75) is 12.5 Å². The molecule has 136 valence electrons. The highest BCUT2D eigenvalue weighted by atomic mass is 16.2. The van der Waals surface area contributed by atoms with E-state index < -0.39 is 6.04 Å². The molecule has 1 aliphatic heterocycles. The van der Waals surface area contributed by atoms with Crippen molar-refractivity contribution in [3.05, 3.63) is 102 Å². The molecule has 4 aromatic rings. The van der Waals surface area contributed by atoms with E-state index in [-0.39, 0.29) is 5.91 Å². The molecule has 1 atom stereocenters. The van der Waals surface area contributed by atoms with Gasteiger partial charge in [0.15, 0.2) is 0 Å². The van der Waals surface area contributed by atoms with Gasteiger partial charge in [-0.25, -0.2) is 0 Å². The van der Waals surface area contributed by atoms with Crippen LogP contribution in [0.2, 0.25) is 0 Å². The second-order valence-corrected chi connectivity index (χ2v) is 6.96. The predicted octanol–water partition coefficient (Wildman–Crippen LogP) is 4.57. The monoisotopic (exact) mass is 365 g/mol. The average Bonchev–Trinajstić information content (AvgIpc) is 3.08. The first kappa shape index (κ1) is 16.5. The van der Waals surface area contributed by atoms with Crippen LogP contribution in [0.15, 0.2) is 90.1 Å². The third-order valence-corrected chi connectivity index (χ3v) is 5.16. The lowest BCUT2D eigenvalue weighted by Gasteiger charge is -2.11. The highest BCUT2D eigenvalue weighted by Crippen LogP contribution is 2.26. The van der Waals surface area contributed by atoms with Gasteiger partial charge in [0.2, 0.25) is 5.91 Å². The second kappa shape index (κ2) is 6.82. The van der Waals surface area contributed by atoms with Gasteiger partial charge >= 0.3 is 0 Å². The average molecular weight is 365 g/mol. The summed E-state index contributed by atoms with van der Waals surface area (Å²) in [6, 6.07) is 25.5. The molecule has 0 fully saturated rings. The molecule has 0 spiro atoms. The van der Waals surface area contributed by atoms with Gasteiger partial charge < -0.3 is 10.3 Å². The number of aromatic nitrogens is 1. The fourth-order valence-corrected chi connectivity index (χ4v) is 3.77. The number of hydrogen-bond donors (Lipinski definition) is 2. The Morgan fingerprint density at radius 2 is 1.61 bits per heavy atom. The number of H-pyrrole nitrogens is 1. The van der Waals surface area contributed by atoms with Crippen LogP contribution < -0.4 is 5.32 Å². The van der Waals surface area contributed by atoms with E-state index in [4.69, 9.17) is 4.99 Å². The van der Waals surface area contributed by atoms with Gasteiger partial charge in [0, 0.05) is 34.6 Å². The van der Waals surface area contributed by atoms with E-state index in [1.54, 1.807) is 0 Å². The van der Waals surface area contributed by atoms with Crippen molar-refractivity contribution in [3.63, 3.8) is 0 Å². The van der Waals surface area contributed by atoms with Crippen LogP contribution in [0.4, 0.5) is 5.69 Å². The van der Waals surface area contributed by atoms with Gasteiger partial charge in [-0.1, -0.05) is 66.7 Å². The lowest BCUT2D eigenvalue weighted by Crippen LogP contribution is -2.27. The molecule has 0 saturated carbocycles. The summed E-state index contributed by atoms with van der Waals surface area (Å²) in [6.07, 6.45) is 2.52. The van der Waals surface area contributed by atoms with E-state index in [0.29, 0.717) is 6.42 Å². The Hall–Kier alpha value is -3.66. The minimum atomic E-state index is -0.498. The first-order valence-electron chi connectivity index (χ1n) is 9.38. The molecule has 3 aromatic carbocycles. The molecule has 0 aliphatic carbocycles. The number of benzene rings is 3. The molecule has 28 heavy (non-hydrogen) atoms. The summed E-state index contributed by atoms with van der Waals surface area (Å²) < 4.78 is 0. The molecule has 0 radical (unpaired) electrons. The van der Waals surface area contributed by atoms with Crippen LogP contribution in [0, 0.1) is 0 Å². The highest BCUT2D eigenvalue weighted by Gasteiger charge is 2.26. The standard InChI is InChI=1S/C24H19N3O/c28-24-22(14-17-15-25-20-12-6-4-10-18(17)20)26-23(16-8-2-1-3-9-16)19-11-5-7-13-21(19)27-24/h1-13,15,22,25H,14H2,(H,27,28). The maximum Gasteiger partial charge on any atom is 0.249 e. The van der Waals surface area contributed by atoms with Crippen LogP contribution in [-0.2, 0) is 11.2 Å². The summed E-state index contributed by atoms with van der Waals surface area (Å²) in [5.41, 5.74) is 5.77. The lowest BCUT2D eigenvalue weighted by atomic mass is 10.0. The van der Waals surface area contributed by atoms with Crippen molar-refractivity contribution in [2.75, 3.05) is 5.32 Å². The number of anilines is 1. The number of carbonyl (C=O) groups is 1. The van der Waals surface area contributed by atoms with Crippen LogP contribution in [0.25, 0.3) is 10.9 Å². The number of nitrogens with zero attached hydrogens (tertiary/aromatic N) is 1. The van der Waals surface area contributed by atoms with Gasteiger partial charge in [0.05, 0.1) is 11.4 Å². The van der Waals surface area contributed by atoms with E-state index >= 15 is 0 Å².